The largest absolute Gasteiger partial charge is 0.872 e. The lowest BCUT2D eigenvalue weighted by Crippen LogP contribution is -3.06. The number of ketones is 1. The van der Waals surface area contributed by atoms with E-state index in [1.54, 1.807) is 42.5 Å². The lowest BCUT2D eigenvalue weighted by atomic mass is 9.95. The summed E-state index contributed by atoms with van der Waals surface area (Å²) in [5, 5.41) is 23.4. The summed E-state index contributed by atoms with van der Waals surface area (Å²) in [6.07, 6.45) is 1.61. The minimum absolute atomic E-state index is 0.0795. The van der Waals surface area contributed by atoms with Gasteiger partial charge in [-0.1, -0.05) is 36.6 Å². The van der Waals surface area contributed by atoms with Crippen LogP contribution in [0.15, 0.2) is 60.7 Å². The number of quaternary nitrogens is 1. The van der Waals surface area contributed by atoms with E-state index in [1.165, 1.54) is 18.1 Å². The molecule has 1 fully saturated rings. The highest BCUT2D eigenvalue weighted by molar-refractivity contribution is 6.46. The van der Waals surface area contributed by atoms with Crippen molar-refractivity contribution in [3.8, 4) is 17.2 Å². The van der Waals surface area contributed by atoms with Gasteiger partial charge in [0.05, 0.1) is 40.3 Å². The van der Waals surface area contributed by atoms with Crippen molar-refractivity contribution in [3.05, 3.63) is 71.8 Å². The van der Waals surface area contributed by atoms with Gasteiger partial charge in [-0.2, -0.15) is 0 Å². The van der Waals surface area contributed by atoms with Crippen LogP contribution in [0.2, 0.25) is 0 Å². The second-order valence-corrected chi connectivity index (χ2v) is 7.99. The zero-order valence-corrected chi connectivity index (χ0v) is 19.0. The number of phenolic OH excluding ortho intramolecular Hbond substituents is 1. The van der Waals surface area contributed by atoms with E-state index in [0.29, 0.717) is 24.5 Å². The first-order chi connectivity index (χ1) is 15.8. The molecule has 33 heavy (non-hydrogen) atoms. The number of amides is 1. The number of aromatic hydroxyl groups is 1. The highest BCUT2D eigenvalue weighted by atomic mass is 16.5. The van der Waals surface area contributed by atoms with Crippen molar-refractivity contribution in [1.29, 1.82) is 0 Å². The molecule has 0 radical (unpaired) electrons. The van der Waals surface area contributed by atoms with Gasteiger partial charge in [-0.05, 0) is 35.4 Å². The van der Waals surface area contributed by atoms with Crippen LogP contribution >= 0.6 is 0 Å². The van der Waals surface area contributed by atoms with Gasteiger partial charge in [0, 0.05) is 5.57 Å². The van der Waals surface area contributed by atoms with E-state index in [0.717, 1.165) is 4.90 Å². The van der Waals surface area contributed by atoms with E-state index in [1.807, 2.05) is 14.1 Å². The predicted octanol–water partition coefficient (Wildman–Crippen LogP) is 0.334. The Hall–Kier alpha value is -3.78. The van der Waals surface area contributed by atoms with E-state index in [-0.39, 0.29) is 29.2 Å². The fraction of sp³-hybridized carbons (Fsp3) is 0.280. The van der Waals surface area contributed by atoms with E-state index in [2.05, 4.69) is 6.58 Å². The van der Waals surface area contributed by atoms with E-state index >= 15 is 0 Å². The molecule has 174 valence electrons. The molecule has 1 aliphatic rings. The molecule has 1 aliphatic heterocycles. The molecule has 1 unspecified atom stereocenters. The number of nitrogens with one attached hydrogen (secondary N) is 1. The van der Waals surface area contributed by atoms with Gasteiger partial charge in [-0.25, -0.2) is 0 Å². The summed E-state index contributed by atoms with van der Waals surface area (Å²) < 4.78 is 10.6. The van der Waals surface area contributed by atoms with Gasteiger partial charge in [-0.15, -0.1) is 0 Å². The van der Waals surface area contributed by atoms with Gasteiger partial charge in [-0.3, -0.25) is 9.59 Å². The lowest BCUT2D eigenvalue weighted by Gasteiger charge is -2.28. The van der Waals surface area contributed by atoms with Gasteiger partial charge in [0.1, 0.15) is 12.4 Å². The Kier molecular flexibility index (Phi) is 7.40. The standard InChI is InChI=1S/C25H28N2O6/c1-5-14-33-18-9-6-16(7-10-18)23(29)21-22(17-8-11-19(28)20(15-17)32-4)27(13-12-26(2)3)25(31)24(21)30/h5-11,15,22,28-29H,1,12-14H2,2-4H3. The molecule has 1 atom stereocenters. The molecule has 0 aromatic heterocycles. The molecule has 8 nitrogen and oxygen atoms in total. The number of likely N-dealkylation sites (N-methyl/N-ethyl adjacent to an activating group) is 1. The minimum atomic E-state index is -0.886. The van der Waals surface area contributed by atoms with Crippen molar-refractivity contribution in [1.82, 2.24) is 4.90 Å². The van der Waals surface area contributed by atoms with Crippen molar-refractivity contribution in [2.45, 2.75) is 6.04 Å². The third-order valence-corrected chi connectivity index (χ3v) is 5.39. The van der Waals surface area contributed by atoms with Crippen LogP contribution < -0.4 is 19.5 Å². The topological polar surface area (TPSA) is 104 Å². The van der Waals surface area contributed by atoms with Crippen LogP contribution in [0.5, 0.6) is 17.2 Å². The number of nitrogens with zero attached hydrogens (tertiary/aromatic N) is 1. The second-order valence-electron chi connectivity index (χ2n) is 7.99. The first-order valence-electron chi connectivity index (χ1n) is 10.5. The van der Waals surface area contributed by atoms with E-state index < -0.39 is 23.5 Å². The molecule has 0 aliphatic carbocycles. The van der Waals surface area contributed by atoms with Crippen LogP contribution in [-0.2, 0) is 9.59 Å². The number of likely N-dealkylation sites (tertiary alicyclic amines) is 1. The smallest absolute Gasteiger partial charge is 0.295 e. The van der Waals surface area contributed by atoms with E-state index in [4.69, 9.17) is 9.47 Å². The Morgan fingerprint density at radius 2 is 1.91 bits per heavy atom. The quantitative estimate of drug-likeness (QED) is 0.246. The molecule has 0 saturated carbocycles. The highest BCUT2D eigenvalue weighted by Gasteiger charge is 2.44. The zero-order chi connectivity index (χ0) is 24.1. The third kappa shape index (κ3) is 5.01. The SMILES string of the molecule is C=CCOc1ccc(C([O-])=C2C(=O)C(=O)N(CC[NH+](C)C)C2c2ccc(O)c(OC)c2)cc1. The highest BCUT2D eigenvalue weighted by Crippen LogP contribution is 2.41. The molecule has 2 N–H and O–H groups in total. The average molecular weight is 453 g/mol. The maximum absolute atomic E-state index is 13.4. The molecule has 0 bridgehead atoms. The van der Waals surface area contributed by atoms with Crippen molar-refractivity contribution in [2.75, 3.05) is 40.9 Å². The molecule has 2 aromatic carbocycles. The fourth-order valence-electron chi connectivity index (χ4n) is 3.67. The van der Waals surface area contributed by atoms with Crippen molar-refractivity contribution in [3.63, 3.8) is 0 Å². The molecule has 2 aromatic rings. The lowest BCUT2D eigenvalue weighted by molar-refractivity contribution is -0.857. The third-order valence-electron chi connectivity index (χ3n) is 5.39. The number of carbonyl (C=O) groups excluding carboxylic acids is 2. The minimum Gasteiger partial charge on any atom is -0.872 e. The number of Topliss-reactive ketones (excluding diaryl/α,β-unsaturated/α-hetero) is 1. The summed E-state index contributed by atoms with van der Waals surface area (Å²) in [6, 6.07) is 10.0. The van der Waals surface area contributed by atoms with Crippen molar-refractivity contribution < 1.29 is 34.2 Å². The number of methoxy groups -OCH3 is 1. The maximum atomic E-state index is 13.4. The number of hydrogen-bond acceptors (Lipinski definition) is 6. The summed E-state index contributed by atoms with van der Waals surface area (Å²) in [7, 11) is 5.28. The molecule has 1 heterocycles. The van der Waals surface area contributed by atoms with Gasteiger partial charge in [0.2, 0.25) is 5.78 Å². The van der Waals surface area contributed by atoms with Gasteiger partial charge >= 0.3 is 0 Å². The van der Waals surface area contributed by atoms with Crippen LogP contribution in [0, 0.1) is 0 Å². The molecular formula is C25H28N2O6. The van der Waals surface area contributed by atoms with Crippen molar-refractivity contribution >= 4 is 17.4 Å². The molecule has 3 rings (SSSR count). The molecule has 8 heteroatoms. The summed E-state index contributed by atoms with van der Waals surface area (Å²) >= 11 is 0. The summed E-state index contributed by atoms with van der Waals surface area (Å²) in [5.74, 6) is -1.40. The first-order valence-corrected chi connectivity index (χ1v) is 10.5. The van der Waals surface area contributed by atoms with Crippen LogP contribution in [0.4, 0.5) is 0 Å². The summed E-state index contributed by atoms with van der Waals surface area (Å²) in [6.45, 7) is 4.79. The molecule has 0 spiro atoms. The number of rotatable bonds is 9. The first kappa shape index (κ1) is 23.9. The summed E-state index contributed by atoms with van der Waals surface area (Å²) in [5.41, 5.74) is 0.654. The van der Waals surface area contributed by atoms with Gasteiger partial charge in [0.15, 0.2) is 11.5 Å². The number of hydrogen-bond donors (Lipinski definition) is 2. The van der Waals surface area contributed by atoms with E-state index in [9.17, 15) is 19.8 Å². The number of ether oxygens (including phenoxy) is 2. The normalized spacial score (nSPS) is 17.5. The monoisotopic (exact) mass is 452 g/mol. The predicted molar refractivity (Wildman–Crippen MR) is 121 cm³/mol. The second kappa shape index (κ2) is 10.2. The van der Waals surface area contributed by atoms with Gasteiger partial charge < -0.3 is 29.5 Å². The average Bonchev–Trinajstić information content (AvgIpc) is 3.06. The van der Waals surface area contributed by atoms with Crippen LogP contribution in [0.25, 0.3) is 5.76 Å². The number of carbonyl (C=O) groups is 2. The van der Waals surface area contributed by atoms with Crippen LogP contribution in [0.3, 0.4) is 0 Å². The molecular weight excluding hydrogens is 424 g/mol. The Morgan fingerprint density at radius 1 is 1.21 bits per heavy atom. The maximum Gasteiger partial charge on any atom is 0.295 e. The molecule has 1 amide bonds. The fourth-order valence-corrected chi connectivity index (χ4v) is 3.67. The Morgan fingerprint density at radius 3 is 2.52 bits per heavy atom. The van der Waals surface area contributed by atoms with Gasteiger partial charge in [0.25, 0.3) is 5.91 Å². The number of benzene rings is 2. The zero-order valence-electron chi connectivity index (χ0n) is 19.0. The van der Waals surface area contributed by atoms with Crippen LogP contribution in [0.1, 0.15) is 17.2 Å². The molecule has 1 saturated heterocycles. The Labute approximate surface area is 193 Å². The van der Waals surface area contributed by atoms with Crippen molar-refractivity contribution in [2.24, 2.45) is 0 Å². The Balaban J connectivity index is 2.10. The number of phenols is 1. The Bertz CT molecular complexity index is 1070. The van der Waals surface area contributed by atoms with Crippen LogP contribution in [-0.4, -0.2) is 62.6 Å². The summed E-state index contributed by atoms with van der Waals surface area (Å²) in [4.78, 5) is 28.4.